The Morgan fingerprint density at radius 3 is 2.55 bits per heavy atom. The second-order valence-corrected chi connectivity index (χ2v) is 8.48. The second kappa shape index (κ2) is 9.91. The average Bonchev–Trinajstić information content (AvgIpc) is 3.21. The summed E-state index contributed by atoms with van der Waals surface area (Å²) in [5, 5.41) is 9.61. The van der Waals surface area contributed by atoms with Gasteiger partial charge in [-0.1, -0.05) is 42.4 Å². The first kappa shape index (κ1) is 21.3. The highest BCUT2D eigenvalue weighted by Gasteiger charge is 2.23. The topological polar surface area (TPSA) is 80.0 Å². The van der Waals surface area contributed by atoms with Gasteiger partial charge in [0.1, 0.15) is 0 Å². The fourth-order valence-electron chi connectivity index (χ4n) is 3.65. The Balaban J connectivity index is 1.37. The van der Waals surface area contributed by atoms with E-state index in [0.29, 0.717) is 18.8 Å². The van der Waals surface area contributed by atoms with Crippen molar-refractivity contribution in [2.24, 2.45) is 0 Å². The van der Waals surface area contributed by atoms with Crippen LogP contribution in [0.1, 0.15) is 18.9 Å². The number of aryl methyl sites for hydroxylation is 1. The summed E-state index contributed by atoms with van der Waals surface area (Å²) in [5.74, 6) is 2.07. The van der Waals surface area contributed by atoms with Crippen molar-refractivity contribution in [1.82, 2.24) is 29.6 Å². The molecule has 31 heavy (non-hydrogen) atoms. The first-order valence-electron chi connectivity index (χ1n) is 10.6. The van der Waals surface area contributed by atoms with E-state index in [-0.39, 0.29) is 5.91 Å². The second-order valence-electron chi connectivity index (χ2n) is 7.53. The van der Waals surface area contributed by atoms with E-state index in [2.05, 4.69) is 61.7 Å². The number of aromatic nitrogens is 5. The van der Waals surface area contributed by atoms with Gasteiger partial charge in [0, 0.05) is 50.7 Å². The fourth-order valence-corrected chi connectivity index (χ4v) is 4.51. The Morgan fingerprint density at radius 2 is 1.84 bits per heavy atom. The zero-order valence-electron chi connectivity index (χ0n) is 17.9. The summed E-state index contributed by atoms with van der Waals surface area (Å²) < 4.78 is 2.12. The summed E-state index contributed by atoms with van der Waals surface area (Å²) in [6.07, 6.45) is 4.46. The number of piperazine rings is 1. The number of thioether (sulfide) groups is 1. The van der Waals surface area contributed by atoms with E-state index in [9.17, 15) is 4.79 Å². The molecule has 1 aromatic carbocycles. The number of nitrogens with zero attached hydrogens (tertiary/aromatic N) is 7. The highest BCUT2D eigenvalue weighted by Crippen LogP contribution is 2.25. The minimum Gasteiger partial charge on any atom is -0.338 e. The summed E-state index contributed by atoms with van der Waals surface area (Å²) >= 11 is 1.47. The standard InChI is InChI=1S/C22H27N7OS/c1-3-10-29-20(18-7-4-6-17(2)15-18)25-26-22(29)31-16-19(30)27-11-13-28(14-12-27)21-23-8-5-9-24-21/h4-9,15H,3,10-14,16H2,1-2H3. The van der Waals surface area contributed by atoms with Crippen molar-refractivity contribution in [3.63, 3.8) is 0 Å². The number of hydrogen-bond donors (Lipinski definition) is 0. The highest BCUT2D eigenvalue weighted by molar-refractivity contribution is 7.99. The molecule has 0 unspecified atom stereocenters. The van der Waals surface area contributed by atoms with E-state index in [1.165, 1.54) is 17.3 Å². The summed E-state index contributed by atoms with van der Waals surface area (Å²) in [5.41, 5.74) is 2.24. The molecule has 0 atom stereocenters. The van der Waals surface area contributed by atoms with Crippen LogP contribution in [0.2, 0.25) is 0 Å². The van der Waals surface area contributed by atoms with Crippen molar-refractivity contribution >= 4 is 23.6 Å². The lowest BCUT2D eigenvalue weighted by Gasteiger charge is -2.34. The molecule has 0 bridgehead atoms. The Morgan fingerprint density at radius 1 is 1.06 bits per heavy atom. The molecule has 1 aliphatic heterocycles. The number of amides is 1. The third-order valence-corrected chi connectivity index (χ3v) is 6.18. The number of anilines is 1. The van der Waals surface area contributed by atoms with Crippen LogP contribution in [0.25, 0.3) is 11.4 Å². The molecule has 0 spiro atoms. The van der Waals surface area contributed by atoms with Crippen LogP contribution in [0.4, 0.5) is 5.95 Å². The van der Waals surface area contributed by atoms with Crippen molar-refractivity contribution in [2.45, 2.75) is 32.0 Å². The minimum atomic E-state index is 0.127. The molecule has 1 amide bonds. The van der Waals surface area contributed by atoms with Gasteiger partial charge in [-0.3, -0.25) is 4.79 Å². The van der Waals surface area contributed by atoms with E-state index in [0.717, 1.165) is 48.5 Å². The maximum Gasteiger partial charge on any atom is 0.233 e. The largest absolute Gasteiger partial charge is 0.338 e. The number of carbonyl (C=O) groups excluding carboxylic acids is 1. The molecule has 1 fully saturated rings. The third-order valence-electron chi connectivity index (χ3n) is 5.23. The molecule has 8 nitrogen and oxygen atoms in total. The molecule has 0 aliphatic carbocycles. The third kappa shape index (κ3) is 5.04. The lowest BCUT2D eigenvalue weighted by Crippen LogP contribution is -2.49. The van der Waals surface area contributed by atoms with Crippen LogP contribution in [-0.2, 0) is 11.3 Å². The van der Waals surface area contributed by atoms with Crippen LogP contribution in [0.15, 0.2) is 47.9 Å². The highest BCUT2D eigenvalue weighted by atomic mass is 32.2. The van der Waals surface area contributed by atoms with Crippen LogP contribution in [0.3, 0.4) is 0 Å². The van der Waals surface area contributed by atoms with E-state index in [1.54, 1.807) is 12.4 Å². The van der Waals surface area contributed by atoms with Gasteiger partial charge in [0.15, 0.2) is 11.0 Å². The van der Waals surface area contributed by atoms with Crippen molar-refractivity contribution < 1.29 is 4.79 Å². The molecule has 1 aliphatic rings. The predicted octanol–water partition coefficient (Wildman–Crippen LogP) is 2.89. The van der Waals surface area contributed by atoms with Crippen LogP contribution in [-0.4, -0.2) is 67.5 Å². The van der Waals surface area contributed by atoms with Crippen molar-refractivity contribution in [1.29, 1.82) is 0 Å². The van der Waals surface area contributed by atoms with Gasteiger partial charge in [0.2, 0.25) is 11.9 Å². The minimum absolute atomic E-state index is 0.127. The number of carbonyl (C=O) groups is 1. The SMILES string of the molecule is CCCn1c(SCC(=O)N2CCN(c3ncccn3)CC2)nnc1-c1cccc(C)c1. The lowest BCUT2D eigenvalue weighted by molar-refractivity contribution is -0.128. The summed E-state index contributed by atoms with van der Waals surface area (Å²) in [4.78, 5) is 25.4. The van der Waals surface area contributed by atoms with Gasteiger partial charge in [-0.05, 0) is 25.5 Å². The Hall–Kier alpha value is -2.94. The van der Waals surface area contributed by atoms with E-state index < -0.39 is 0 Å². The van der Waals surface area contributed by atoms with Crippen LogP contribution in [0.5, 0.6) is 0 Å². The summed E-state index contributed by atoms with van der Waals surface area (Å²) in [7, 11) is 0. The van der Waals surface area contributed by atoms with Gasteiger partial charge >= 0.3 is 0 Å². The lowest BCUT2D eigenvalue weighted by atomic mass is 10.1. The van der Waals surface area contributed by atoms with Gasteiger partial charge in [-0.15, -0.1) is 10.2 Å². The van der Waals surface area contributed by atoms with E-state index in [4.69, 9.17) is 0 Å². The van der Waals surface area contributed by atoms with Crippen molar-refractivity contribution in [2.75, 3.05) is 36.8 Å². The zero-order valence-corrected chi connectivity index (χ0v) is 18.8. The molecule has 9 heteroatoms. The van der Waals surface area contributed by atoms with Gasteiger partial charge < -0.3 is 14.4 Å². The molecule has 3 aromatic rings. The molecule has 3 heterocycles. The van der Waals surface area contributed by atoms with Gasteiger partial charge in [0.05, 0.1) is 5.75 Å². The molecular weight excluding hydrogens is 410 g/mol. The Labute approximate surface area is 186 Å². The van der Waals surface area contributed by atoms with Crippen molar-refractivity contribution in [3.8, 4) is 11.4 Å². The zero-order chi connectivity index (χ0) is 21.6. The monoisotopic (exact) mass is 437 g/mol. The number of rotatable bonds is 7. The predicted molar refractivity (Wildman–Crippen MR) is 122 cm³/mol. The molecule has 2 aromatic heterocycles. The number of hydrogen-bond acceptors (Lipinski definition) is 7. The molecule has 0 radical (unpaired) electrons. The first-order chi connectivity index (χ1) is 15.2. The van der Waals surface area contributed by atoms with Gasteiger partial charge in [-0.25, -0.2) is 9.97 Å². The van der Waals surface area contributed by atoms with Crippen molar-refractivity contribution in [3.05, 3.63) is 48.3 Å². The van der Waals surface area contributed by atoms with Crippen LogP contribution >= 0.6 is 11.8 Å². The maximum atomic E-state index is 12.8. The summed E-state index contributed by atoms with van der Waals surface area (Å²) in [6, 6.07) is 10.1. The fraction of sp³-hybridized carbons (Fsp3) is 0.409. The van der Waals surface area contributed by atoms with E-state index >= 15 is 0 Å². The van der Waals surface area contributed by atoms with Crippen LogP contribution in [0, 0.1) is 6.92 Å². The summed E-state index contributed by atoms with van der Waals surface area (Å²) in [6.45, 7) is 7.86. The van der Waals surface area contributed by atoms with Gasteiger partial charge in [-0.2, -0.15) is 0 Å². The molecule has 1 saturated heterocycles. The molecule has 4 rings (SSSR count). The molecule has 0 saturated carbocycles. The quantitative estimate of drug-likeness (QED) is 0.526. The Kier molecular flexibility index (Phi) is 6.81. The Bertz CT molecular complexity index is 1020. The van der Waals surface area contributed by atoms with Crippen LogP contribution < -0.4 is 4.90 Å². The van der Waals surface area contributed by atoms with E-state index in [1.807, 2.05) is 17.0 Å². The normalized spacial score (nSPS) is 14.1. The molecule has 0 N–H and O–H groups in total. The molecule has 162 valence electrons. The average molecular weight is 438 g/mol. The smallest absolute Gasteiger partial charge is 0.233 e. The molecular formula is C22H27N7OS. The first-order valence-corrected chi connectivity index (χ1v) is 11.6. The van der Waals surface area contributed by atoms with Gasteiger partial charge in [0.25, 0.3) is 0 Å². The number of benzene rings is 1. The maximum absolute atomic E-state index is 12.8.